The summed E-state index contributed by atoms with van der Waals surface area (Å²) in [6, 6.07) is 12.0. The fraction of sp³-hybridized carbons (Fsp3) is 0.278. The fourth-order valence-corrected chi connectivity index (χ4v) is 3.03. The van der Waals surface area contributed by atoms with Crippen molar-refractivity contribution in [3.05, 3.63) is 53.1 Å². The van der Waals surface area contributed by atoms with Crippen molar-refractivity contribution in [1.29, 1.82) is 0 Å². The number of benzene rings is 2. The molecule has 0 heterocycles. The van der Waals surface area contributed by atoms with E-state index in [1.54, 1.807) is 0 Å². The van der Waals surface area contributed by atoms with Crippen molar-refractivity contribution in [2.75, 3.05) is 33.8 Å². The lowest BCUT2D eigenvalue weighted by molar-refractivity contribution is -0.885. The number of hydrogen-bond donors (Lipinski definition) is 1. The van der Waals surface area contributed by atoms with Crippen molar-refractivity contribution in [3.63, 3.8) is 0 Å². The van der Waals surface area contributed by atoms with Crippen LogP contribution in [-0.4, -0.2) is 49.2 Å². The van der Waals surface area contributed by atoms with Crippen molar-refractivity contribution in [2.45, 2.75) is 0 Å². The Kier molecular flexibility index (Phi) is 4.71. The van der Waals surface area contributed by atoms with Gasteiger partial charge in [0.1, 0.15) is 13.1 Å². The number of hydrogen-bond acceptors (Lipinski definition) is 2. The van der Waals surface area contributed by atoms with E-state index in [9.17, 15) is 4.79 Å². The summed E-state index contributed by atoms with van der Waals surface area (Å²) in [5.74, 6) is 0.114. The van der Waals surface area contributed by atoms with Crippen LogP contribution >= 0.6 is 0 Å². The molecule has 22 heavy (non-hydrogen) atoms. The SMILES string of the molecule is C[N+](C)(CCO)CC1=Cc2cccc3cccc(c23)C1=O.[Cl-]. The van der Waals surface area contributed by atoms with Gasteiger partial charge >= 0.3 is 0 Å². The van der Waals surface area contributed by atoms with Crippen LogP contribution in [0.3, 0.4) is 0 Å². The Bertz CT molecular complexity index is 745. The van der Waals surface area contributed by atoms with Gasteiger partial charge in [0.15, 0.2) is 5.78 Å². The zero-order valence-electron chi connectivity index (χ0n) is 12.8. The minimum atomic E-state index is 0. The first-order chi connectivity index (χ1) is 10.0. The molecule has 2 aromatic carbocycles. The number of nitrogens with zero attached hydrogens (tertiary/aromatic N) is 1. The van der Waals surface area contributed by atoms with Gasteiger partial charge in [0.2, 0.25) is 0 Å². The van der Waals surface area contributed by atoms with E-state index < -0.39 is 0 Å². The quantitative estimate of drug-likeness (QED) is 0.772. The summed E-state index contributed by atoms with van der Waals surface area (Å²) in [7, 11) is 4.07. The summed E-state index contributed by atoms with van der Waals surface area (Å²) in [5.41, 5.74) is 2.73. The molecule has 0 spiro atoms. The molecule has 0 unspecified atom stereocenters. The lowest BCUT2D eigenvalue weighted by Crippen LogP contribution is -3.00. The molecule has 4 heteroatoms. The van der Waals surface area contributed by atoms with E-state index in [1.165, 1.54) is 0 Å². The molecule has 2 aromatic rings. The molecule has 1 N–H and O–H groups in total. The normalized spacial score (nSPS) is 13.8. The molecule has 0 saturated heterocycles. The molecule has 116 valence electrons. The summed E-state index contributed by atoms with van der Waals surface area (Å²) in [5, 5.41) is 11.3. The van der Waals surface area contributed by atoms with E-state index >= 15 is 0 Å². The second-order valence-electron chi connectivity index (χ2n) is 6.29. The number of likely N-dealkylation sites (N-methyl/N-ethyl adjacent to an activating group) is 1. The number of quaternary nitrogens is 1. The molecule has 0 aliphatic heterocycles. The molecular formula is C18H20ClNO2. The van der Waals surface area contributed by atoms with Gasteiger partial charge < -0.3 is 22.0 Å². The molecular weight excluding hydrogens is 298 g/mol. The molecule has 1 aliphatic carbocycles. The summed E-state index contributed by atoms with van der Waals surface area (Å²) in [4.78, 5) is 12.7. The van der Waals surface area contributed by atoms with Crippen LogP contribution in [0.15, 0.2) is 42.0 Å². The van der Waals surface area contributed by atoms with Gasteiger partial charge in [-0.2, -0.15) is 0 Å². The molecule has 3 rings (SSSR count). The number of carbonyl (C=O) groups is 1. The van der Waals surface area contributed by atoms with E-state index in [2.05, 4.69) is 6.07 Å². The number of Topliss-reactive ketones (excluding diaryl/α,β-unsaturated/α-hetero) is 1. The number of rotatable bonds is 4. The van der Waals surface area contributed by atoms with Crippen LogP contribution in [0, 0.1) is 0 Å². The van der Waals surface area contributed by atoms with E-state index in [-0.39, 0.29) is 24.8 Å². The first-order valence-electron chi connectivity index (χ1n) is 7.22. The number of aliphatic hydroxyl groups is 1. The van der Waals surface area contributed by atoms with Crippen LogP contribution < -0.4 is 12.4 Å². The predicted octanol–water partition coefficient (Wildman–Crippen LogP) is -0.508. The summed E-state index contributed by atoms with van der Waals surface area (Å²) in [6.07, 6.45) is 2.01. The van der Waals surface area contributed by atoms with Gasteiger partial charge in [0.25, 0.3) is 0 Å². The smallest absolute Gasteiger partial charge is 0.195 e. The lowest BCUT2D eigenvalue weighted by atomic mass is 9.87. The van der Waals surface area contributed by atoms with Gasteiger partial charge in [-0.15, -0.1) is 0 Å². The second kappa shape index (κ2) is 6.21. The maximum Gasteiger partial charge on any atom is 0.195 e. The Morgan fingerprint density at radius 1 is 1.09 bits per heavy atom. The van der Waals surface area contributed by atoms with Gasteiger partial charge in [0.05, 0.1) is 26.3 Å². The van der Waals surface area contributed by atoms with Crippen molar-refractivity contribution < 1.29 is 26.8 Å². The average molecular weight is 318 g/mol. The Morgan fingerprint density at radius 3 is 2.45 bits per heavy atom. The third-order valence-electron chi connectivity index (χ3n) is 4.11. The third-order valence-corrected chi connectivity index (χ3v) is 4.11. The predicted molar refractivity (Wildman–Crippen MR) is 85.2 cm³/mol. The van der Waals surface area contributed by atoms with Crippen LogP contribution in [-0.2, 0) is 0 Å². The highest BCUT2D eigenvalue weighted by atomic mass is 35.5. The van der Waals surface area contributed by atoms with Gasteiger partial charge in [-0.1, -0.05) is 36.4 Å². The Morgan fingerprint density at radius 2 is 1.77 bits per heavy atom. The lowest BCUT2D eigenvalue weighted by Gasteiger charge is -2.30. The molecule has 1 aliphatic rings. The van der Waals surface area contributed by atoms with Gasteiger partial charge in [-0.05, 0) is 17.0 Å². The molecule has 0 saturated carbocycles. The van der Waals surface area contributed by atoms with Crippen LogP contribution in [0.1, 0.15) is 15.9 Å². The highest BCUT2D eigenvalue weighted by Crippen LogP contribution is 2.31. The number of carbonyl (C=O) groups excluding carboxylic acids is 1. The monoisotopic (exact) mass is 317 g/mol. The van der Waals surface area contributed by atoms with Crippen LogP contribution in [0.5, 0.6) is 0 Å². The standard InChI is InChI=1S/C18H20NO2.ClH/c1-19(2,9-10-20)12-15-11-14-7-3-5-13-6-4-8-16(17(13)14)18(15)21;/h3-8,11,20H,9-10,12H2,1-2H3;1H/q+1;/p-1. The minimum Gasteiger partial charge on any atom is -1.00 e. The Labute approximate surface area is 136 Å². The molecule has 0 fully saturated rings. The highest BCUT2D eigenvalue weighted by Gasteiger charge is 2.26. The highest BCUT2D eigenvalue weighted by molar-refractivity contribution is 6.22. The van der Waals surface area contributed by atoms with Crippen molar-refractivity contribution >= 4 is 22.6 Å². The van der Waals surface area contributed by atoms with Crippen molar-refractivity contribution in [1.82, 2.24) is 0 Å². The van der Waals surface area contributed by atoms with Crippen LogP contribution in [0.2, 0.25) is 0 Å². The van der Waals surface area contributed by atoms with Crippen molar-refractivity contribution in [2.24, 2.45) is 0 Å². The topological polar surface area (TPSA) is 37.3 Å². The zero-order chi connectivity index (χ0) is 15.0. The van der Waals surface area contributed by atoms with E-state index in [0.717, 1.165) is 27.5 Å². The summed E-state index contributed by atoms with van der Waals surface area (Å²) in [6.45, 7) is 1.39. The van der Waals surface area contributed by atoms with Crippen molar-refractivity contribution in [3.8, 4) is 0 Å². The molecule has 0 aromatic heterocycles. The minimum absolute atomic E-state index is 0. The molecule has 0 amide bonds. The van der Waals surface area contributed by atoms with Crippen LogP contribution in [0.4, 0.5) is 0 Å². The largest absolute Gasteiger partial charge is 1.00 e. The number of ketones is 1. The summed E-state index contributed by atoms with van der Waals surface area (Å²) < 4.78 is 0.603. The van der Waals surface area contributed by atoms with Gasteiger partial charge in [-0.25, -0.2) is 0 Å². The fourth-order valence-electron chi connectivity index (χ4n) is 3.03. The number of aliphatic hydroxyl groups excluding tert-OH is 1. The maximum atomic E-state index is 12.7. The van der Waals surface area contributed by atoms with Gasteiger partial charge in [0, 0.05) is 10.9 Å². The number of halogens is 1. The molecule has 3 nitrogen and oxygen atoms in total. The first kappa shape index (κ1) is 16.7. The molecule has 0 radical (unpaired) electrons. The van der Waals surface area contributed by atoms with Gasteiger partial charge in [-0.3, -0.25) is 4.79 Å². The van der Waals surface area contributed by atoms with Crippen LogP contribution in [0.25, 0.3) is 16.8 Å². The Balaban J connectivity index is 0.00000176. The maximum absolute atomic E-state index is 12.7. The molecule has 0 bridgehead atoms. The van der Waals surface area contributed by atoms with E-state index in [1.807, 2.05) is 50.5 Å². The van der Waals surface area contributed by atoms with E-state index in [4.69, 9.17) is 5.11 Å². The third kappa shape index (κ3) is 2.93. The molecule has 0 atom stereocenters. The summed E-state index contributed by atoms with van der Waals surface area (Å²) >= 11 is 0. The average Bonchev–Trinajstić information content (AvgIpc) is 2.44. The van der Waals surface area contributed by atoms with E-state index in [0.29, 0.717) is 17.6 Å². The zero-order valence-corrected chi connectivity index (χ0v) is 13.6. The Hall–Kier alpha value is -1.68. The first-order valence-corrected chi connectivity index (χ1v) is 7.22. The second-order valence-corrected chi connectivity index (χ2v) is 6.29.